The summed E-state index contributed by atoms with van der Waals surface area (Å²) >= 11 is 0. The van der Waals surface area contributed by atoms with E-state index in [2.05, 4.69) is 22.4 Å². The molecule has 5 heteroatoms. The normalized spacial score (nSPS) is 19.2. The van der Waals surface area contributed by atoms with Gasteiger partial charge in [0.05, 0.1) is 11.0 Å². The molecule has 140 valence electrons. The van der Waals surface area contributed by atoms with Gasteiger partial charge in [0.2, 0.25) is 5.91 Å². The third-order valence-corrected chi connectivity index (χ3v) is 5.98. The molecule has 2 heterocycles. The van der Waals surface area contributed by atoms with Crippen molar-refractivity contribution < 1.29 is 9.59 Å². The Morgan fingerprint density at radius 2 is 1.78 bits per heavy atom. The molecule has 0 unspecified atom stereocenters. The fourth-order valence-electron chi connectivity index (χ4n) is 4.21. The van der Waals surface area contributed by atoms with Crippen LogP contribution in [0.25, 0.3) is 0 Å². The number of rotatable bonds is 4. The molecule has 1 aliphatic carbocycles. The molecule has 1 aromatic heterocycles. The van der Waals surface area contributed by atoms with E-state index in [-0.39, 0.29) is 23.3 Å². The van der Waals surface area contributed by atoms with Crippen LogP contribution in [-0.4, -0.2) is 40.8 Å². The summed E-state index contributed by atoms with van der Waals surface area (Å²) in [6, 6.07) is 13.8. The first kappa shape index (κ1) is 17.7. The van der Waals surface area contributed by atoms with Gasteiger partial charge in [0.25, 0.3) is 5.91 Å². The SMILES string of the molecule is O=C(NC1CCN(C(=O)C2(c3ccccc3)CCC2)CC1)c1cccnc1. The highest BCUT2D eigenvalue weighted by Gasteiger charge is 2.47. The van der Waals surface area contributed by atoms with Gasteiger partial charge < -0.3 is 10.2 Å². The molecule has 2 aliphatic rings. The topological polar surface area (TPSA) is 62.3 Å². The number of nitrogens with zero attached hydrogens (tertiary/aromatic N) is 2. The summed E-state index contributed by atoms with van der Waals surface area (Å²) in [5, 5.41) is 3.08. The van der Waals surface area contributed by atoms with Crippen LogP contribution in [0.4, 0.5) is 0 Å². The minimum Gasteiger partial charge on any atom is -0.349 e. The highest BCUT2D eigenvalue weighted by Crippen LogP contribution is 2.45. The lowest BCUT2D eigenvalue weighted by atomic mass is 9.63. The van der Waals surface area contributed by atoms with Gasteiger partial charge in [0.1, 0.15) is 0 Å². The van der Waals surface area contributed by atoms with Gasteiger partial charge >= 0.3 is 0 Å². The zero-order valence-corrected chi connectivity index (χ0v) is 15.4. The molecule has 0 radical (unpaired) electrons. The average molecular weight is 363 g/mol. The number of carbonyl (C=O) groups excluding carboxylic acids is 2. The predicted molar refractivity (Wildman–Crippen MR) is 103 cm³/mol. The lowest BCUT2D eigenvalue weighted by molar-refractivity contribution is -0.142. The van der Waals surface area contributed by atoms with Crippen LogP contribution < -0.4 is 5.32 Å². The summed E-state index contributed by atoms with van der Waals surface area (Å²) in [5.41, 5.74) is 1.40. The minimum absolute atomic E-state index is 0.0902. The van der Waals surface area contributed by atoms with Crippen LogP contribution >= 0.6 is 0 Å². The Kier molecular flexibility index (Phi) is 4.92. The van der Waals surface area contributed by atoms with Crippen LogP contribution in [0.1, 0.15) is 48.0 Å². The summed E-state index contributed by atoms with van der Waals surface area (Å²) in [6.07, 6.45) is 7.81. The maximum atomic E-state index is 13.3. The number of likely N-dealkylation sites (tertiary alicyclic amines) is 1. The smallest absolute Gasteiger partial charge is 0.253 e. The Morgan fingerprint density at radius 3 is 2.37 bits per heavy atom. The first-order valence-corrected chi connectivity index (χ1v) is 9.75. The molecular formula is C22H25N3O2. The first-order chi connectivity index (χ1) is 13.2. The maximum absolute atomic E-state index is 13.3. The zero-order valence-electron chi connectivity index (χ0n) is 15.4. The van der Waals surface area contributed by atoms with Crippen LogP contribution in [0.3, 0.4) is 0 Å². The first-order valence-electron chi connectivity index (χ1n) is 9.75. The van der Waals surface area contributed by atoms with E-state index in [4.69, 9.17) is 0 Å². The summed E-state index contributed by atoms with van der Waals surface area (Å²) in [7, 11) is 0. The number of aromatic nitrogens is 1. The molecule has 1 saturated carbocycles. The van der Waals surface area contributed by atoms with Crippen molar-refractivity contribution in [3.05, 3.63) is 66.0 Å². The number of hydrogen-bond donors (Lipinski definition) is 1. The van der Waals surface area contributed by atoms with E-state index in [1.807, 2.05) is 23.1 Å². The second-order valence-electron chi connectivity index (χ2n) is 7.58. The van der Waals surface area contributed by atoms with Crippen LogP contribution in [0, 0.1) is 0 Å². The molecule has 0 atom stereocenters. The Morgan fingerprint density at radius 1 is 1.04 bits per heavy atom. The second kappa shape index (κ2) is 7.51. The highest BCUT2D eigenvalue weighted by atomic mass is 16.2. The molecule has 27 heavy (non-hydrogen) atoms. The fourth-order valence-corrected chi connectivity index (χ4v) is 4.21. The molecule has 0 bridgehead atoms. The number of amides is 2. The monoisotopic (exact) mass is 363 g/mol. The van der Waals surface area contributed by atoms with E-state index in [9.17, 15) is 9.59 Å². The maximum Gasteiger partial charge on any atom is 0.253 e. The van der Waals surface area contributed by atoms with Crippen molar-refractivity contribution in [1.82, 2.24) is 15.2 Å². The molecule has 0 spiro atoms. The summed E-state index contributed by atoms with van der Waals surface area (Å²) in [4.78, 5) is 31.6. The van der Waals surface area contributed by atoms with Gasteiger partial charge in [-0.2, -0.15) is 0 Å². The van der Waals surface area contributed by atoms with E-state index < -0.39 is 0 Å². The number of piperidine rings is 1. The lowest BCUT2D eigenvalue weighted by Gasteiger charge is -2.45. The highest BCUT2D eigenvalue weighted by molar-refractivity contribution is 5.94. The number of pyridine rings is 1. The predicted octanol–water partition coefficient (Wildman–Crippen LogP) is 2.92. The quantitative estimate of drug-likeness (QED) is 0.908. The largest absolute Gasteiger partial charge is 0.349 e. The van der Waals surface area contributed by atoms with Crippen LogP contribution in [-0.2, 0) is 10.2 Å². The van der Waals surface area contributed by atoms with Crippen LogP contribution in [0.15, 0.2) is 54.9 Å². The van der Waals surface area contributed by atoms with E-state index in [1.165, 1.54) is 0 Å². The molecule has 2 aromatic rings. The third-order valence-electron chi connectivity index (χ3n) is 5.98. The van der Waals surface area contributed by atoms with Crippen LogP contribution in [0.2, 0.25) is 0 Å². The Labute approximate surface area is 159 Å². The Hall–Kier alpha value is -2.69. The van der Waals surface area contributed by atoms with Crippen molar-refractivity contribution in [1.29, 1.82) is 0 Å². The lowest BCUT2D eigenvalue weighted by Crippen LogP contribution is -2.55. The third kappa shape index (κ3) is 3.46. The van der Waals surface area contributed by atoms with Gasteiger partial charge in [-0.15, -0.1) is 0 Å². The van der Waals surface area contributed by atoms with E-state index in [0.717, 1.165) is 37.7 Å². The molecule has 1 saturated heterocycles. The van der Waals surface area contributed by atoms with Gasteiger partial charge in [-0.3, -0.25) is 14.6 Å². The van der Waals surface area contributed by atoms with E-state index >= 15 is 0 Å². The van der Waals surface area contributed by atoms with Crippen molar-refractivity contribution in [2.45, 2.75) is 43.6 Å². The number of hydrogen-bond acceptors (Lipinski definition) is 3. The minimum atomic E-state index is -0.326. The van der Waals surface area contributed by atoms with Crippen LogP contribution in [0.5, 0.6) is 0 Å². The summed E-state index contributed by atoms with van der Waals surface area (Å²) in [6.45, 7) is 1.40. The van der Waals surface area contributed by atoms with Gasteiger partial charge in [-0.1, -0.05) is 36.8 Å². The van der Waals surface area contributed by atoms with Gasteiger partial charge in [0, 0.05) is 31.5 Å². The van der Waals surface area contributed by atoms with Gasteiger partial charge in [-0.25, -0.2) is 0 Å². The van der Waals surface area contributed by atoms with Crippen molar-refractivity contribution in [2.75, 3.05) is 13.1 Å². The zero-order chi connectivity index (χ0) is 18.7. The molecule has 1 aromatic carbocycles. The molecule has 1 aliphatic heterocycles. The fraction of sp³-hybridized carbons (Fsp3) is 0.409. The van der Waals surface area contributed by atoms with E-state index in [0.29, 0.717) is 18.7 Å². The molecular weight excluding hydrogens is 338 g/mol. The van der Waals surface area contributed by atoms with Gasteiger partial charge in [0.15, 0.2) is 0 Å². The summed E-state index contributed by atoms with van der Waals surface area (Å²) in [5.74, 6) is 0.171. The molecule has 2 fully saturated rings. The van der Waals surface area contributed by atoms with Crippen molar-refractivity contribution in [3.63, 3.8) is 0 Å². The number of benzene rings is 1. The molecule has 4 rings (SSSR count). The average Bonchev–Trinajstić information content (AvgIpc) is 2.69. The Bertz CT molecular complexity index is 795. The second-order valence-corrected chi connectivity index (χ2v) is 7.58. The molecule has 1 N–H and O–H groups in total. The van der Waals surface area contributed by atoms with Gasteiger partial charge in [-0.05, 0) is 43.4 Å². The summed E-state index contributed by atoms with van der Waals surface area (Å²) < 4.78 is 0. The van der Waals surface area contributed by atoms with Crippen molar-refractivity contribution in [2.24, 2.45) is 0 Å². The standard InChI is InChI=1S/C22H25N3O2/c26-20(17-6-4-13-23-16-17)24-19-9-14-25(15-10-19)21(27)22(11-5-12-22)18-7-2-1-3-8-18/h1-4,6-8,13,16,19H,5,9-12,14-15H2,(H,24,26). The van der Waals surface area contributed by atoms with Crippen molar-refractivity contribution in [3.8, 4) is 0 Å². The number of carbonyl (C=O) groups is 2. The van der Waals surface area contributed by atoms with Crippen molar-refractivity contribution >= 4 is 11.8 Å². The Balaban J connectivity index is 1.36. The molecule has 5 nitrogen and oxygen atoms in total. The van der Waals surface area contributed by atoms with E-state index in [1.54, 1.807) is 24.5 Å². The molecule has 2 amide bonds. The number of nitrogens with one attached hydrogen (secondary N) is 1.